The molecule has 0 fully saturated rings. The van der Waals surface area contributed by atoms with E-state index in [1.807, 2.05) is 0 Å². The van der Waals surface area contributed by atoms with Crippen molar-refractivity contribution in [1.29, 1.82) is 0 Å². The molecule has 0 N–H and O–H groups in total. The van der Waals surface area contributed by atoms with Gasteiger partial charge in [0, 0.05) is 12.5 Å². The third kappa shape index (κ3) is 3.15. The van der Waals surface area contributed by atoms with Gasteiger partial charge in [0.1, 0.15) is 6.67 Å². The first-order chi connectivity index (χ1) is 4.69. The second-order valence-corrected chi connectivity index (χ2v) is 7.00. The number of alkyl halides is 1. The van der Waals surface area contributed by atoms with Gasteiger partial charge in [0.05, 0.1) is 0 Å². The van der Waals surface area contributed by atoms with Crippen LogP contribution in [-0.4, -0.2) is 40.6 Å². The quantitative estimate of drug-likeness (QED) is 0.614. The monoisotopic (exact) mass is 204 g/mol. The van der Waals surface area contributed by atoms with Crippen molar-refractivity contribution < 1.29 is 21.2 Å². The van der Waals surface area contributed by atoms with Crippen molar-refractivity contribution in [2.24, 2.45) is 0 Å². The second-order valence-electron chi connectivity index (χ2n) is 2.24. The Kier molecular flexibility index (Phi) is 3.01. The van der Waals surface area contributed by atoms with Crippen LogP contribution in [0.25, 0.3) is 0 Å². The van der Waals surface area contributed by atoms with Gasteiger partial charge < -0.3 is 0 Å². The zero-order valence-corrected chi connectivity index (χ0v) is 7.74. The van der Waals surface area contributed by atoms with Crippen molar-refractivity contribution in [3.8, 4) is 0 Å². The van der Waals surface area contributed by atoms with E-state index in [9.17, 15) is 21.2 Å². The van der Waals surface area contributed by atoms with Crippen LogP contribution in [0.1, 0.15) is 0 Å². The molecule has 0 heterocycles. The Hall–Kier alpha value is -0.170. The normalized spacial score (nSPS) is 13.8. The highest BCUT2D eigenvalue weighted by atomic mass is 32.3. The summed E-state index contributed by atoms with van der Waals surface area (Å²) in [5, 5.41) is 0. The van der Waals surface area contributed by atoms with Crippen LogP contribution in [-0.2, 0) is 19.7 Å². The number of rotatable bonds is 3. The largest absolute Gasteiger partial charge is 0.249 e. The highest BCUT2D eigenvalue weighted by Gasteiger charge is 2.30. The second kappa shape index (κ2) is 3.06. The molecule has 68 valence electrons. The smallest absolute Gasteiger partial charge is 0.190 e. The SMILES string of the molecule is CS(=O)(=O)C(CF)S(C)(=O)=O. The lowest BCUT2D eigenvalue weighted by molar-refractivity contribution is 0.493. The number of sulfone groups is 2. The minimum atomic E-state index is -3.84. The van der Waals surface area contributed by atoms with E-state index in [1.54, 1.807) is 0 Å². The average Bonchev–Trinajstić information content (AvgIpc) is 1.56. The van der Waals surface area contributed by atoms with Gasteiger partial charge in [-0.3, -0.25) is 0 Å². The Bertz CT molecular complexity index is 282. The fraction of sp³-hybridized carbons (Fsp3) is 1.00. The van der Waals surface area contributed by atoms with E-state index in [1.165, 1.54) is 0 Å². The summed E-state index contributed by atoms with van der Waals surface area (Å²) in [5.74, 6) is 0. The Morgan fingerprint density at radius 2 is 1.36 bits per heavy atom. The van der Waals surface area contributed by atoms with Crippen LogP contribution in [0, 0.1) is 0 Å². The molecule has 0 spiro atoms. The third-order valence-electron chi connectivity index (χ3n) is 1.08. The van der Waals surface area contributed by atoms with Crippen molar-refractivity contribution in [3.05, 3.63) is 0 Å². The van der Waals surface area contributed by atoms with Crippen LogP contribution in [0.2, 0.25) is 0 Å². The molecule has 0 aliphatic heterocycles. The Morgan fingerprint density at radius 1 is 1.09 bits per heavy atom. The lowest BCUT2D eigenvalue weighted by Crippen LogP contribution is -2.30. The van der Waals surface area contributed by atoms with Gasteiger partial charge in [-0.05, 0) is 0 Å². The van der Waals surface area contributed by atoms with E-state index in [4.69, 9.17) is 0 Å². The molecule has 4 nitrogen and oxygen atoms in total. The van der Waals surface area contributed by atoms with Crippen LogP contribution in [0.4, 0.5) is 4.39 Å². The zero-order valence-electron chi connectivity index (χ0n) is 6.11. The molecule has 0 aromatic heterocycles. The van der Waals surface area contributed by atoms with E-state index in [-0.39, 0.29) is 0 Å². The summed E-state index contributed by atoms with van der Waals surface area (Å²) in [6, 6.07) is 0. The summed E-state index contributed by atoms with van der Waals surface area (Å²) in [5.41, 5.74) is 0. The topological polar surface area (TPSA) is 68.3 Å². The van der Waals surface area contributed by atoms with E-state index >= 15 is 0 Å². The highest BCUT2D eigenvalue weighted by molar-refractivity contribution is 8.08. The summed E-state index contributed by atoms with van der Waals surface area (Å²) < 4.78 is 52.3. The molecule has 7 heteroatoms. The van der Waals surface area contributed by atoms with Gasteiger partial charge >= 0.3 is 0 Å². The summed E-state index contributed by atoms with van der Waals surface area (Å²) in [7, 11) is -7.67. The molecule has 0 amide bonds. The van der Waals surface area contributed by atoms with Gasteiger partial charge in [-0.25, -0.2) is 21.2 Å². The lowest BCUT2D eigenvalue weighted by Gasteiger charge is -2.07. The Morgan fingerprint density at radius 3 is 1.36 bits per heavy atom. The van der Waals surface area contributed by atoms with E-state index in [0.717, 1.165) is 0 Å². The molecule has 0 bridgehead atoms. The predicted molar refractivity (Wildman–Crippen MR) is 39.5 cm³/mol. The average molecular weight is 204 g/mol. The van der Waals surface area contributed by atoms with Crippen molar-refractivity contribution in [3.63, 3.8) is 0 Å². The first kappa shape index (κ1) is 10.8. The highest BCUT2D eigenvalue weighted by Crippen LogP contribution is 2.07. The first-order valence-corrected chi connectivity index (χ1v) is 6.54. The minimum Gasteiger partial charge on any atom is -0.249 e. The van der Waals surface area contributed by atoms with Crippen LogP contribution >= 0.6 is 0 Å². The van der Waals surface area contributed by atoms with Crippen molar-refractivity contribution in [2.75, 3.05) is 19.2 Å². The van der Waals surface area contributed by atoms with Crippen LogP contribution < -0.4 is 0 Å². The molecule has 0 aliphatic carbocycles. The molecular weight excluding hydrogens is 195 g/mol. The molecule has 0 aromatic rings. The van der Waals surface area contributed by atoms with Crippen LogP contribution in [0.15, 0.2) is 0 Å². The maximum absolute atomic E-state index is 11.9. The molecule has 0 atom stereocenters. The van der Waals surface area contributed by atoms with Crippen molar-refractivity contribution in [1.82, 2.24) is 0 Å². The lowest BCUT2D eigenvalue weighted by atomic mass is 10.9. The van der Waals surface area contributed by atoms with Gasteiger partial charge in [0.25, 0.3) is 0 Å². The van der Waals surface area contributed by atoms with E-state index in [0.29, 0.717) is 12.5 Å². The molecular formula is C4H9FO4S2. The number of halogens is 1. The summed E-state index contributed by atoms with van der Waals surface area (Å²) in [6.45, 7) is -1.39. The molecule has 0 saturated heterocycles. The fourth-order valence-electron chi connectivity index (χ4n) is 0.546. The third-order valence-corrected chi connectivity index (χ3v) is 5.34. The maximum Gasteiger partial charge on any atom is 0.190 e. The van der Waals surface area contributed by atoms with Gasteiger partial charge in [0.2, 0.25) is 0 Å². The molecule has 0 rings (SSSR count). The van der Waals surface area contributed by atoms with E-state index < -0.39 is 30.9 Å². The molecule has 0 saturated carbocycles. The van der Waals surface area contributed by atoms with Gasteiger partial charge in [-0.2, -0.15) is 0 Å². The molecule has 11 heavy (non-hydrogen) atoms. The van der Waals surface area contributed by atoms with Gasteiger partial charge in [0.15, 0.2) is 24.3 Å². The Labute approximate surface area is 65.3 Å². The van der Waals surface area contributed by atoms with Gasteiger partial charge in [-0.1, -0.05) is 0 Å². The molecule has 0 aromatic carbocycles. The Balaban J connectivity index is 5.05. The molecule has 0 radical (unpaired) electrons. The number of hydrogen-bond donors (Lipinski definition) is 0. The minimum absolute atomic E-state index is 0.693. The van der Waals surface area contributed by atoms with Crippen LogP contribution in [0.5, 0.6) is 0 Å². The summed E-state index contributed by atoms with van der Waals surface area (Å²) in [4.78, 5) is 0. The predicted octanol–water partition coefficient (Wildman–Crippen LogP) is -0.629. The van der Waals surface area contributed by atoms with Crippen molar-refractivity contribution >= 4 is 19.7 Å². The summed E-state index contributed by atoms with van der Waals surface area (Å²) >= 11 is 0. The maximum atomic E-state index is 11.9. The zero-order chi connectivity index (χ0) is 9.28. The number of hydrogen-bond acceptors (Lipinski definition) is 4. The molecule has 0 unspecified atom stereocenters. The van der Waals surface area contributed by atoms with Crippen LogP contribution in [0.3, 0.4) is 0 Å². The standard InChI is InChI=1S/C4H9FO4S2/c1-10(6,7)4(3-5)11(2,8)9/h4H,3H2,1-2H3. The van der Waals surface area contributed by atoms with E-state index in [2.05, 4.69) is 0 Å². The fourth-order valence-corrected chi connectivity index (χ4v) is 3.54. The van der Waals surface area contributed by atoms with Gasteiger partial charge in [-0.15, -0.1) is 0 Å². The summed E-state index contributed by atoms with van der Waals surface area (Å²) in [6.07, 6.45) is 1.39. The van der Waals surface area contributed by atoms with Crippen molar-refractivity contribution in [2.45, 2.75) is 4.58 Å². The first-order valence-electron chi connectivity index (χ1n) is 2.63. The molecule has 0 aliphatic rings.